The van der Waals surface area contributed by atoms with Crippen molar-refractivity contribution in [1.29, 1.82) is 0 Å². The zero-order chi connectivity index (χ0) is 10.8. The summed E-state index contributed by atoms with van der Waals surface area (Å²) in [4.78, 5) is 0. The normalized spacial score (nSPS) is 30.6. The molecule has 14 heavy (non-hydrogen) atoms. The van der Waals surface area contributed by atoms with Crippen LogP contribution in [0.3, 0.4) is 0 Å². The molecule has 1 rings (SSSR count). The molecule has 0 aromatic rings. The highest BCUT2D eigenvalue weighted by molar-refractivity contribution is 8.00. The number of nitrogens with one attached hydrogen (secondary N) is 1. The van der Waals surface area contributed by atoms with Crippen molar-refractivity contribution in [2.45, 2.75) is 52.3 Å². The molecule has 0 bridgehead atoms. The number of hydrogen-bond donors (Lipinski definition) is 1. The van der Waals surface area contributed by atoms with E-state index in [1.54, 1.807) is 0 Å². The van der Waals surface area contributed by atoms with Gasteiger partial charge in [-0.1, -0.05) is 34.6 Å². The van der Waals surface area contributed by atoms with Crippen molar-refractivity contribution in [3.05, 3.63) is 0 Å². The third-order valence-electron chi connectivity index (χ3n) is 3.39. The van der Waals surface area contributed by atoms with Gasteiger partial charge >= 0.3 is 0 Å². The second-order valence-electron chi connectivity index (χ2n) is 5.75. The molecule has 2 heteroatoms. The van der Waals surface area contributed by atoms with E-state index < -0.39 is 0 Å². The summed E-state index contributed by atoms with van der Waals surface area (Å²) in [7, 11) is 0. The minimum absolute atomic E-state index is 0.435. The molecule has 0 aromatic heterocycles. The van der Waals surface area contributed by atoms with Crippen molar-refractivity contribution in [2.75, 3.05) is 12.3 Å². The van der Waals surface area contributed by atoms with Crippen molar-refractivity contribution < 1.29 is 0 Å². The highest BCUT2D eigenvalue weighted by Crippen LogP contribution is 2.28. The van der Waals surface area contributed by atoms with E-state index in [0.29, 0.717) is 5.41 Å². The highest BCUT2D eigenvalue weighted by atomic mass is 32.2. The van der Waals surface area contributed by atoms with Crippen molar-refractivity contribution in [2.24, 2.45) is 11.3 Å². The number of hydrogen-bond acceptors (Lipinski definition) is 2. The zero-order valence-corrected chi connectivity index (χ0v) is 11.1. The van der Waals surface area contributed by atoms with Crippen LogP contribution in [0.25, 0.3) is 0 Å². The van der Waals surface area contributed by atoms with Crippen LogP contribution in [0.2, 0.25) is 0 Å². The van der Waals surface area contributed by atoms with E-state index in [1.807, 2.05) is 0 Å². The predicted molar refractivity (Wildman–Crippen MR) is 66.9 cm³/mol. The van der Waals surface area contributed by atoms with Gasteiger partial charge in [0.1, 0.15) is 0 Å². The maximum atomic E-state index is 3.70. The Balaban J connectivity index is 2.21. The van der Waals surface area contributed by atoms with Gasteiger partial charge in [-0.25, -0.2) is 0 Å². The first kappa shape index (κ1) is 12.4. The van der Waals surface area contributed by atoms with Crippen LogP contribution in [-0.4, -0.2) is 23.6 Å². The fourth-order valence-electron chi connectivity index (χ4n) is 1.61. The fraction of sp³-hybridized carbons (Fsp3) is 1.00. The molecule has 0 aliphatic carbocycles. The van der Waals surface area contributed by atoms with Gasteiger partial charge < -0.3 is 5.32 Å². The summed E-state index contributed by atoms with van der Waals surface area (Å²) in [5.74, 6) is 2.06. The van der Waals surface area contributed by atoms with Gasteiger partial charge in [0.2, 0.25) is 0 Å². The zero-order valence-electron chi connectivity index (χ0n) is 10.3. The van der Waals surface area contributed by atoms with Crippen molar-refractivity contribution in [3.63, 3.8) is 0 Å². The molecule has 1 nitrogen and oxygen atoms in total. The van der Waals surface area contributed by atoms with Crippen molar-refractivity contribution >= 4 is 11.8 Å². The van der Waals surface area contributed by atoms with Crippen LogP contribution in [0, 0.1) is 11.3 Å². The monoisotopic (exact) mass is 215 g/mol. The SMILES string of the molecule is CC1CC(NCC(C)C(C)(C)C)CS1. The summed E-state index contributed by atoms with van der Waals surface area (Å²) in [6.45, 7) is 12.8. The first-order valence-electron chi connectivity index (χ1n) is 5.74. The maximum absolute atomic E-state index is 3.70. The lowest BCUT2D eigenvalue weighted by Gasteiger charge is -2.28. The summed E-state index contributed by atoms with van der Waals surface area (Å²) < 4.78 is 0. The van der Waals surface area contributed by atoms with Crippen LogP contribution < -0.4 is 5.32 Å². The molecule has 1 fully saturated rings. The van der Waals surface area contributed by atoms with E-state index in [0.717, 1.165) is 17.2 Å². The second-order valence-corrected chi connectivity index (χ2v) is 7.22. The van der Waals surface area contributed by atoms with Gasteiger partial charge in [0, 0.05) is 17.0 Å². The Bertz CT molecular complexity index is 174. The molecule has 0 radical (unpaired) electrons. The molecule has 1 saturated heterocycles. The Morgan fingerprint density at radius 2 is 2.07 bits per heavy atom. The third kappa shape index (κ3) is 3.82. The lowest BCUT2D eigenvalue weighted by Crippen LogP contribution is -2.36. The Kier molecular flexibility index (Phi) is 4.32. The maximum Gasteiger partial charge on any atom is 0.0168 e. The van der Waals surface area contributed by atoms with Crippen LogP contribution in [0.5, 0.6) is 0 Å². The van der Waals surface area contributed by atoms with Crippen LogP contribution in [-0.2, 0) is 0 Å². The van der Waals surface area contributed by atoms with Crippen LogP contribution in [0.15, 0.2) is 0 Å². The van der Waals surface area contributed by atoms with E-state index in [4.69, 9.17) is 0 Å². The summed E-state index contributed by atoms with van der Waals surface area (Å²) in [5, 5.41) is 4.56. The number of rotatable bonds is 3. The van der Waals surface area contributed by atoms with Gasteiger partial charge in [0.15, 0.2) is 0 Å². The minimum atomic E-state index is 0.435. The van der Waals surface area contributed by atoms with Gasteiger partial charge in [0.25, 0.3) is 0 Å². The Morgan fingerprint density at radius 3 is 2.50 bits per heavy atom. The lowest BCUT2D eigenvalue weighted by molar-refractivity contribution is 0.246. The summed E-state index contributed by atoms with van der Waals surface area (Å²) in [6, 6.07) is 0.764. The van der Waals surface area contributed by atoms with E-state index in [-0.39, 0.29) is 0 Å². The van der Waals surface area contributed by atoms with Crippen molar-refractivity contribution in [1.82, 2.24) is 5.32 Å². The smallest absolute Gasteiger partial charge is 0.0168 e. The predicted octanol–water partition coefficient (Wildman–Crippen LogP) is 3.15. The van der Waals surface area contributed by atoms with Gasteiger partial charge in [-0.15, -0.1) is 0 Å². The van der Waals surface area contributed by atoms with E-state index >= 15 is 0 Å². The number of thioether (sulfide) groups is 1. The Labute approximate surface area is 93.4 Å². The average Bonchev–Trinajstić information content (AvgIpc) is 2.45. The molecule has 3 atom stereocenters. The molecular formula is C12H25NS. The van der Waals surface area contributed by atoms with Gasteiger partial charge in [-0.3, -0.25) is 0 Å². The van der Waals surface area contributed by atoms with Crippen LogP contribution >= 0.6 is 11.8 Å². The molecule has 3 unspecified atom stereocenters. The topological polar surface area (TPSA) is 12.0 Å². The lowest BCUT2D eigenvalue weighted by atomic mass is 9.82. The molecule has 1 aliphatic rings. The average molecular weight is 215 g/mol. The fourth-order valence-corrected chi connectivity index (χ4v) is 2.79. The standard InChI is InChI=1S/C12H25NS/c1-9(12(3,4)5)7-13-11-6-10(2)14-8-11/h9-11,13H,6-8H2,1-5H3. The van der Waals surface area contributed by atoms with Crippen LogP contribution in [0.1, 0.15) is 41.0 Å². The Morgan fingerprint density at radius 1 is 1.43 bits per heavy atom. The molecule has 0 saturated carbocycles. The summed E-state index contributed by atoms with van der Waals surface area (Å²) >= 11 is 2.10. The summed E-state index contributed by atoms with van der Waals surface area (Å²) in [6.07, 6.45) is 1.35. The second kappa shape index (κ2) is 4.89. The van der Waals surface area contributed by atoms with E-state index in [2.05, 4.69) is 51.7 Å². The molecule has 0 spiro atoms. The van der Waals surface area contributed by atoms with E-state index in [9.17, 15) is 0 Å². The van der Waals surface area contributed by atoms with Crippen molar-refractivity contribution in [3.8, 4) is 0 Å². The molecule has 1 aliphatic heterocycles. The van der Waals surface area contributed by atoms with Gasteiger partial charge in [0.05, 0.1) is 0 Å². The van der Waals surface area contributed by atoms with Gasteiger partial charge in [-0.2, -0.15) is 11.8 Å². The quantitative estimate of drug-likeness (QED) is 0.776. The molecule has 0 aromatic carbocycles. The molecule has 0 amide bonds. The first-order valence-corrected chi connectivity index (χ1v) is 6.79. The minimum Gasteiger partial charge on any atom is -0.313 e. The molecule has 84 valence electrons. The van der Waals surface area contributed by atoms with Gasteiger partial charge in [-0.05, 0) is 24.3 Å². The van der Waals surface area contributed by atoms with E-state index in [1.165, 1.54) is 18.7 Å². The molecule has 1 heterocycles. The molecular weight excluding hydrogens is 190 g/mol. The van der Waals surface area contributed by atoms with Crippen LogP contribution in [0.4, 0.5) is 0 Å². The first-order chi connectivity index (χ1) is 6.39. The summed E-state index contributed by atoms with van der Waals surface area (Å²) in [5.41, 5.74) is 0.435. The Hall–Kier alpha value is 0.310. The molecule has 1 N–H and O–H groups in total. The highest BCUT2D eigenvalue weighted by Gasteiger charge is 2.24. The third-order valence-corrected chi connectivity index (χ3v) is 4.75. The largest absolute Gasteiger partial charge is 0.313 e.